The maximum Gasteiger partial charge on any atom is 0.270 e. The first-order valence-corrected chi connectivity index (χ1v) is 7.36. The topological polar surface area (TPSA) is 101 Å². The van der Waals surface area contributed by atoms with E-state index < -0.39 is 4.92 Å². The lowest BCUT2D eigenvalue weighted by atomic mass is 10.2. The Hall–Kier alpha value is -1.97. The Morgan fingerprint density at radius 2 is 2.29 bits per heavy atom. The summed E-state index contributed by atoms with van der Waals surface area (Å²) in [7, 11) is 0. The van der Waals surface area contributed by atoms with Gasteiger partial charge in [-0.1, -0.05) is 0 Å². The second kappa shape index (κ2) is 7.16. The van der Waals surface area contributed by atoms with Crippen molar-refractivity contribution in [1.82, 2.24) is 15.3 Å². The first kappa shape index (κ1) is 15.4. The number of amides is 1. The molecule has 2 rings (SSSR count). The van der Waals surface area contributed by atoms with Crippen LogP contribution in [0.1, 0.15) is 22.6 Å². The highest BCUT2D eigenvalue weighted by atomic mass is 127. The number of nitrogens with zero attached hydrogens (tertiary/aromatic N) is 2. The SMILES string of the molecule is O=C(NCCCc1ncc[nH]1)c1cc([N+](=O)[O-])ccc1I. The number of non-ortho nitro benzene ring substituents is 1. The number of H-pyrrole nitrogens is 1. The first-order chi connectivity index (χ1) is 10.1. The Balaban J connectivity index is 1.90. The summed E-state index contributed by atoms with van der Waals surface area (Å²) in [5.74, 6) is 0.566. The number of nitro groups is 1. The summed E-state index contributed by atoms with van der Waals surface area (Å²) < 4.78 is 0.682. The molecule has 1 aromatic carbocycles. The fourth-order valence-corrected chi connectivity index (χ4v) is 2.37. The predicted octanol–water partition coefficient (Wildman–Crippen LogP) is 2.29. The van der Waals surface area contributed by atoms with Crippen LogP contribution >= 0.6 is 22.6 Å². The minimum atomic E-state index is -0.510. The third kappa shape index (κ3) is 4.25. The van der Waals surface area contributed by atoms with Crippen molar-refractivity contribution in [2.24, 2.45) is 0 Å². The number of carbonyl (C=O) groups excluding carboxylic acids is 1. The number of carbonyl (C=O) groups is 1. The Kier molecular flexibility index (Phi) is 5.26. The largest absolute Gasteiger partial charge is 0.352 e. The summed E-state index contributed by atoms with van der Waals surface area (Å²) in [6.45, 7) is 0.484. The van der Waals surface area contributed by atoms with Crippen LogP contribution in [0.3, 0.4) is 0 Å². The Morgan fingerprint density at radius 1 is 1.48 bits per heavy atom. The molecule has 8 heteroatoms. The van der Waals surface area contributed by atoms with Gasteiger partial charge in [0, 0.05) is 41.1 Å². The van der Waals surface area contributed by atoms with Crippen LogP contribution < -0.4 is 5.32 Å². The van der Waals surface area contributed by atoms with Crippen molar-refractivity contribution >= 4 is 34.2 Å². The van der Waals surface area contributed by atoms with E-state index in [1.807, 2.05) is 22.6 Å². The predicted molar refractivity (Wildman–Crippen MR) is 85.1 cm³/mol. The highest BCUT2D eigenvalue weighted by Crippen LogP contribution is 2.19. The average molecular weight is 400 g/mol. The van der Waals surface area contributed by atoms with Gasteiger partial charge in [-0.25, -0.2) is 4.98 Å². The molecule has 0 aliphatic carbocycles. The third-order valence-corrected chi connectivity index (χ3v) is 3.78. The van der Waals surface area contributed by atoms with E-state index in [0.717, 1.165) is 18.7 Å². The minimum absolute atomic E-state index is 0.0869. The number of nitrogens with one attached hydrogen (secondary N) is 2. The molecule has 0 bridgehead atoms. The highest BCUT2D eigenvalue weighted by Gasteiger charge is 2.15. The van der Waals surface area contributed by atoms with Crippen LogP contribution in [-0.4, -0.2) is 27.3 Å². The van der Waals surface area contributed by atoms with Crippen molar-refractivity contribution in [2.45, 2.75) is 12.8 Å². The molecule has 2 aromatic rings. The van der Waals surface area contributed by atoms with Gasteiger partial charge < -0.3 is 10.3 Å². The molecular weight excluding hydrogens is 387 g/mol. The monoisotopic (exact) mass is 400 g/mol. The van der Waals surface area contributed by atoms with Gasteiger partial charge in [0.25, 0.3) is 11.6 Å². The first-order valence-electron chi connectivity index (χ1n) is 6.28. The molecule has 0 atom stereocenters. The van der Waals surface area contributed by atoms with Gasteiger partial charge in [0.1, 0.15) is 5.82 Å². The van der Waals surface area contributed by atoms with E-state index >= 15 is 0 Å². The molecule has 0 aliphatic heterocycles. The maximum absolute atomic E-state index is 12.0. The number of nitro benzene ring substituents is 1. The molecule has 0 saturated heterocycles. The number of hydrogen-bond donors (Lipinski definition) is 2. The minimum Gasteiger partial charge on any atom is -0.352 e. The van der Waals surface area contributed by atoms with Gasteiger partial charge in [0.15, 0.2) is 0 Å². The molecular formula is C13H13IN4O3. The van der Waals surface area contributed by atoms with Crippen LogP contribution in [0.25, 0.3) is 0 Å². The van der Waals surface area contributed by atoms with Gasteiger partial charge in [-0.05, 0) is 35.1 Å². The summed E-state index contributed by atoms with van der Waals surface area (Å²) >= 11 is 1.99. The number of benzene rings is 1. The number of halogens is 1. The van der Waals surface area contributed by atoms with Crippen LogP contribution in [0.4, 0.5) is 5.69 Å². The molecule has 0 fully saturated rings. The van der Waals surface area contributed by atoms with Crippen LogP contribution in [0.15, 0.2) is 30.6 Å². The molecule has 0 saturated carbocycles. The molecule has 1 heterocycles. The lowest BCUT2D eigenvalue weighted by molar-refractivity contribution is -0.384. The summed E-state index contributed by atoms with van der Waals surface area (Å²) in [6.07, 6.45) is 4.91. The molecule has 7 nitrogen and oxygen atoms in total. The highest BCUT2D eigenvalue weighted by molar-refractivity contribution is 14.1. The summed E-state index contributed by atoms with van der Waals surface area (Å²) in [4.78, 5) is 29.3. The van der Waals surface area contributed by atoms with Gasteiger partial charge in [0.05, 0.1) is 10.5 Å². The van der Waals surface area contributed by atoms with Crippen molar-refractivity contribution in [3.63, 3.8) is 0 Å². The van der Waals surface area contributed by atoms with E-state index in [1.54, 1.807) is 18.5 Å². The van der Waals surface area contributed by atoms with E-state index in [-0.39, 0.29) is 11.6 Å². The number of aromatic amines is 1. The molecule has 0 spiro atoms. The smallest absolute Gasteiger partial charge is 0.270 e. The van der Waals surface area contributed by atoms with E-state index in [0.29, 0.717) is 15.7 Å². The quantitative estimate of drug-likeness (QED) is 0.336. The summed E-state index contributed by atoms with van der Waals surface area (Å²) in [6, 6.07) is 4.25. The molecule has 2 N–H and O–H groups in total. The zero-order valence-corrected chi connectivity index (χ0v) is 13.2. The van der Waals surface area contributed by atoms with E-state index in [1.165, 1.54) is 12.1 Å². The number of rotatable bonds is 6. The maximum atomic E-state index is 12.0. The number of aromatic nitrogens is 2. The van der Waals surface area contributed by atoms with Crippen molar-refractivity contribution in [2.75, 3.05) is 6.54 Å². The molecule has 0 unspecified atom stereocenters. The molecule has 0 radical (unpaired) electrons. The Morgan fingerprint density at radius 3 is 2.95 bits per heavy atom. The van der Waals surface area contributed by atoms with Crippen LogP contribution in [0.2, 0.25) is 0 Å². The van der Waals surface area contributed by atoms with Crippen LogP contribution in [-0.2, 0) is 6.42 Å². The summed E-state index contributed by atoms with van der Waals surface area (Å²) in [5.41, 5.74) is 0.235. The van der Waals surface area contributed by atoms with Crippen LogP contribution in [0.5, 0.6) is 0 Å². The van der Waals surface area contributed by atoms with E-state index in [4.69, 9.17) is 0 Å². The lowest BCUT2D eigenvalue weighted by Gasteiger charge is -2.06. The fraction of sp³-hybridized carbons (Fsp3) is 0.231. The van der Waals surface area contributed by atoms with Crippen molar-refractivity contribution < 1.29 is 9.72 Å². The van der Waals surface area contributed by atoms with E-state index in [2.05, 4.69) is 15.3 Å². The number of aryl methyl sites for hydroxylation is 1. The normalized spacial score (nSPS) is 10.3. The van der Waals surface area contributed by atoms with Crippen molar-refractivity contribution in [3.8, 4) is 0 Å². The number of hydrogen-bond acceptors (Lipinski definition) is 4. The average Bonchev–Trinajstić information content (AvgIpc) is 2.96. The third-order valence-electron chi connectivity index (χ3n) is 2.84. The second-order valence-corrected chi connectivity index (χ2v) is 5.48. The Bertz CT molecular complexity index is 643. The van der Waals surface area contributed by atoms with Gasteiger partial charge in [0.2, 0.25) is 0 Å². The van der Waals surface area contributed by atoms with Gasteiger partial charge >= 0.3 is 0 Å². The molecule has 1 amide bonds. The molecule has 21 heavy (non-hydrogen) atoms. The van der Waals surface area contributed by atoms with Crippen molar-refractivity contribution in [3.05, 3.63) is 55.7 Å². The zero-order chi connectivity index (χ0) is 15.2. The van der Waals surface area contributed by atoms with Crippen molar-refractivity contribution in [1.29, 1.82) is 0 Å². The number of imidazole rings is 1. The molecule has 1 aromatic heterocycles. The molecule has 110 valence electrons. The standard InChI is InChI=1S/C13H13IN4O3/c14-11-4-3-9(18(20)21)8-10(11)13(19)17-5-1-2-12-15-6-7-16-12/h3-4,6-8H,1-2,5H2,(H,15,16)(H,17,19). The Labute approximate surface area is 134 Å². The van der Waals surface area contributed by atoms with Crippen LogP contribution in [0, 0.1) is 13.7 Å². The second-order valence-electron chi connectivity index (χ2n) is 4.32. The lowest BCUT2D eigenvalue weighted by Crippen LogP contribution is -2.25. The van der Waals surface area contributed by atoms with Gasteiger partial charge in [-0.3, -0.25) is 14.9 Å². The van der Waals surface area contributed by atoms with Gasteiger partial charge in [-0.2, -0.15) is 0 Å². The van der Waals surface area contributed by atoms with Gasteiger partial charge in [-0.15, -0.1) is 0 Å². The fourth-order valence-electron chi connectivity index (χ4n) is 1.79. The summed E-state index contributed by atoms with van der Waals surface area (Å²) in [5, 5.41) is 13.5. The zero-order valence-electron chi connectivity index (χ0n) is 11.0. The molecule has 0 aliphatic rings. The van der Waals surface area contributed by atoms with E-state index in [9.17, 15) is 14.9 Å².